The number of aromatic nitrogens is 1. The zero-order valence-electron chi connectivity index (χ0n) is 18.1. The maximum atomic E-state index is 13.1. The van der Waals surface area contributed by atoms with E-state index in [-0.39, 0.29) is 5.91 Å². The second-order valence-corrected chi connectivity index (χ2v) is 7.45. The third-order valence-corrected chi connectivity index (χ3v) is 5.42. The van der Waals surface area contributed by atoms with E-state index in [4.69, 9.17) is 5.73 Å². The first-order chi connectivity index (χ1) is 14.5. The minimum Gasteiger partial charge on any atom is -0.398 e. The highest BCUT2D eigenvalue weighted by Crippen LogP contribution is 2.27. The van der Waals surface area contributed by atoms with Gasteiger partial charge in [0.05, 0.1) is 5.56 Å². The van der Waals surface area contributed by atoms with Crippen molar-refractivity contribution in [3.63, 3.8) is 0 Å². The van der Waals surface area contributed by atoms with Gasteiger partial charge in [-0.25, -0.2) is 4.98 Å². The normalized spacial score (nSPS) is 15.2. The van der Waals surface area contributed by atoms with Crippen LogP contribution < -0.4 is 11.1 Å². The lowest BCUT2D eigenvalue weighted by Gasteiger charge is -2.34. The predicted molar refractivity (Wildman–Crippen MR) is 124 cm³/mol. The summed E-state index contributed by atoms with van der Waals surface area (Å²) < 4.78 is 0. The fraction of sp³-hybridized carbons (Fsp3) is 0.333. The molecule has 3 N–H and O–H groups in total. The number of hydrogen-bond donors (Lipinski definition) is 2. The van der Waals surface area contributed by atoms with Crippen LogP contribution in [0.4, 0.5) is 11.5 Å². The van der Waals surface area contributed by atoms with Gasteiger partial charge >= 0.3 is 0 Å². The third kappa shape index (κ3) is 5.07. The van der Waals surface area contributed by atoms with Gasteiger partial charge in [-0.05, 0) is 55.8 Å². The second-order valence-electron chi connectivity index (χ2n) is 7.45. The predicted octanol–water partition coefficient (Wildman–Crippen LogP) is 3.92. The molecule has 1 aromatic carbocycles. The van der Waals surface area contributed by atoms with Crippen molar-refractivity contribution in [1.82, 2.24) is 14.8 Å². The SMILES string of the molecule is C/C=C/C=C/Nc1ncc(-c2ccc(N)c(C(=O)N3CCN(CC)CC3)c2)cc1C. The molecule has 1 aliphatic heterocycles. The molecule has 3 rings (SSSR count). The first-order valence-corrected chi connectivity index (χ1v) is 10.5. The van der Waals surface area contributed by atoms with Gasteiger partial charge in [0.25, 0.3) is 5.91 Å². The number of amides is 1. The van der Waals surface area contributed by atoms with E-state index in [1.54, 1.807) is 0 Å². The molecule has 158 valence electrons. The molecule has 1 aromatic heterocycles. The number of piperazine rings is 1. The van der Waals surface area contributed by atoms with Crippen molar-refractivity contribution in [3.05, 3.63) is 66.0 Å². The van der Waals surface area contributed by atoms with Crippen molar-refractivity contribution >= 4 is 17.4 Å². The Morgan fingerprint density at radius 2 is 1.93 bits per heavy atom. The molecule has 1 aliphatic rings. The fourth-order valence-corrected chi connectivity index (χ4v) is 3.54. The number of likely N-dealkylation sites (N-methyl/N-ethyl adjacent to an activating group) is 1. The molecule has 30 heavy (non-hydrogen) atoms. The zero-order chi connectivity index (χ0) is 21.5. The summed E-state index contributed by atoms with van der Waals surface area (Å²) in [6.07, 6.45) is 9.51. The van der Waals surface area contributed by atoms with E-state index >= 15 is 0 Å². The number of rotatable bonds is 6. The summed E-state index contributed by atoms with van der Waals surface area (Å²) in [5, 5.41) is 3.19. The summed E-state index contributed by atoms with van der Waals surface area (Å²) >= 11 is 0. The standard InChI is InChI=1S/C24H31N5O/c1-4-6-7-10-26-23-18(3)15-20(17-27-23)19-8-9-22(25)21(16-19)24(30)29-13-11-28(5-2)12-14-29/h4,6-10,15-17H,5,11-14,25H2,1-3H3,(H,26,27)/b6-4+,10-7+. The Morgan fingerprint density at radius 1 is 1.17 bits per heavy atom. The molecule has 2 aromatic rings. The number of aryl methyl sites for hydroxylation is 1. The number of nitrogens with one attached hydrogen (secondary N) is 1. The molecule has 1 saturated heterocycles. The van der Waals surface area contributed by atoms with E-state index in [0.29, 0.717) is 11.3 Å². The summed E-state index contributed by atoms with van der Waals surface area (Å²) in [7, 11) is 0. The molecular weight excluding hydrogens is 374 g/mol. The van der Waals surface area contributed by atoms with Crippen LogP contribution in [0, 0.1) is 6.92 Å². The van der Waals surface area contributed by atoms with Crippen LogP contribution in [0.2, 0.25) is 0 Å². The quantitative estimate of drug-likeness (QED) is 0.563. The number of nitrogen functional groups attached to an aromatic ring is 1. The summed E-state index contributed by atoms with van der Waals surface area (Å²) in [5.74, 6) is 0.808. The molecule has 6 nitrogen and oxygen atoms in total. The smallest absolute Gasteiger partial charge is 0.256 e. The molecule has 0 aliphatic carbocycles. The number of benzene rings is 1. The first-order valence-electron chi connectivity index (χ1n) is 10.5. The van der Waals surface area contributed by atoms with E-state index in [2.05, 4.69) is 28.2 Å². The van der Waals surface area contributed by atoms with Crippen LogP contribution in [0.3, 0.4) is 0 Å². The molecule has 0 bridgehead atoms. The highest BCUT2D eigenvalue weighted by Gasteiger charge is 2.23. The van der Waals surface area contributed by atoms with Gasteiger partial charge in [-0.2, -0.15) is 0 Å². The van der Waals surface area contributed by atoms with Gasteiger partial charge in [0.2, 0.25) is 0 Å². The molecule has 6 heteroatoms. The van der Waals surface area contributed by atoms with Crippen LogP contribution in [0.15, 0.2) is 54.9 Å². The summed E-state index contributed by atoms with van der Waals surface area (Å²) in [6, 6.07) is 7.71. The van der Waals surface area contributed by atoms with Crippen molar-refractivity contribution in [2.45, 2.75) is 20.8 Å². The largest absolute Gasteiger partial charge is 0.398 e. The average Bonchev–Trinajstić information content (AvgIpc) is 2.77. The Bertz CT molecular complexity index is 943. The lowest BCUT2D eigenvalue weighted by molar-refractivity contribution is 0.0644. The van der Waals surface area contributed by atoms with Gasteiger partial charge < -0.3 is 20.9 Å². The van der Waals surface area contributed by atoms with E-state index in [1.165, 1.54) is 0 Å². The number of carbonyl (C=O) groups excluding carboxylic acids is 1. The van der Waals surface area contributed by atoms with Gasteiger partial charge in [0.15, 0.2) is 0 Å². The molecule has 0 unspecified atom stereocenters. The Balaban J connectivity index is 1.79. The van der Waals surface area contributed by atoms with E-state index in [0.717, 1.165) is 55.2 Å². The van der Waals surface area contributed by atoms with Crippen molar-refractivity contribution in [3.8, 4) is 11.1 Å². The molecule has 2 heterocycles. The lowest BCUT2D eigenvalue weighted by atomic mass is 10.0. The monoisotopic (exact) mass is 405 g/mol. The molecule has 0 radical (unpaired) electrons. The van der Waals surface area contributed by atoms with Crippen LogP contribution >= 0.6 is 0 Å². The number of carbonyl (C=O) groups is 1. The van der Waals surface area contributed by atoms with E-state index in [1.807, 2.05) is 67.6 Å². The molecule has 0 atom stereocenters. The van der Waals surface area contributed by atoms with Crippen LogP contribution in [-0.2, 0) is 0 Å². The molecular formula is C24H31N5O. The van der Waals surface area contributed by atoms with E-state index in [9.17, 15) is 4.79 Å². The fourth-order valence-electron chi connectivity index (χ4n) is 3.54. The maximum absolute atomic E-state index is 13.1. The van der Waals surface area contributed by atoms with Gasteiger partial charge in [-0.3, -0.25) is 4.79 Å². The van der Waals surface area contributed by atoms with Crippen molar-refractivity contribution < 1.29 is 4.79 Å². The number of nitrogens with zero attached hydrogens (tertiary/aromatic N) is 3. The van der Waals surface area contributed by atoms with Crippen molar-refractivity contribution in [2.24, 2.45) is 0 Å². The Kier molecular flexibility index (Phi) is 7.25. The molecule has 1 amide bonds. The topological polar surface area (TPSA) is 74.5 Å². The summed E-state index contributed by atoms with van der Waals surface area (Å²) in [5.41, 5.74) is 10.2. The maximum Gasteiger partial charge on any atom is 0.256 e. The lowest BCUT2D eigenvalue weighted by Crippen LogP contribution is -2.48. The van der Waals surface area contributed by atoms with Crippen LogP contribution in [0.5, 0.6) is 0 Å². The van der Waals surface area contributed by atoms with Crippen LogP contribution in [0.1, 0.15) is 29.8 Å². The zero-order valence-corrected chi connectivity index (χ0v) is 18.1. The molecule has 0 spiro atoms. The van der Waals surface area contributed by atoms with E-state index < -0.39 is 0 Å². The number of nitrogens with two attached hydrogens (primary N) is 1. The van der Waals surface area contributed by atoms with Gasteiger partial charge in [-0.1, -0.05) is 25.1 Å². The van der Waals surface area contributed by atoms with Gasteiger partial charge in [0.1, 0.15) is 5.82 Å². The number of hydrogen-bond acceptors (Lipinski definition) is 5. The second kappa shape index (κ2) is 10.1. The molecule has 0 saturated carbocycles. The Labute approximate surface area is 179 Å². The van der Waals surface area contributed by atoms with Gasteiger partial charge in [0, 0.05) is 49.8 Å². The van der Waals surface area contributed by atoms with Crippen molar-refractivity contribution in [2.75, 3.05) is 43.8 Å². The first kappa shape index (κ1) is 21.6. The number of allylic oxidation sites excluding steroid dienone is 3. The molecule has 1 fully saturated rings. The van der Waals surface area contributed by atoms with Crippen LogP contribution in [-0.4, -0.2) is 53.4 Å². The average molecular weight is 406 g/mol. The summed E-state index contributed by atoms with van der Waals surface area (Å²) in [4.78, 5) is 21.9. The van der Waals surface area contributed by atoms with Crippen molar-refractivity contribution in [1.29, 1.82) is 0 Å². The van der Waals surface area contributed by atoms with Crippen LogP contribution in [0.25, 0.3) is 11.1 Å². The number of pyridine rings is 1. The van der Waals surface area contributed by atoms with Gasteiger partial charge in [-0.15, -0.1) is 0 Å². The highest BCUT2D eigenvalue weighted by atomic mass is 16.2. The Hall–Kier alpha value is -3.12. The third-order valence-electron chi connectivity index (χ3n) is 5.42. The number of anilines is 2. The Morgan fingerprint density at radius 3 is 2.60 bits per heavy atom. The highest BCUT2D eigenvalue weighted by molar-refractivity contribution is 6.00. The minimum atomic E-state index is 0.00203. The minimum absolute atomic E-state index is 0.00203. The summed E-state index contributed by atoms with van der Waals surface area (Å²) in [6.45, 7) is 10.4.